The second kappa shape index (κ2) is 5.43. The molecule has 1 aromatic carbocycles. The van der Waals surface area contributed by atoms with Crippen LogP contribution in [-0.4, -0.2) is 22.1 Å². The highest BCUT2D eigenvalue weighted by Gasteiger charge is 2.16. The molecule has 0 fully saturated rings. The van der Waals surface area contributed by atoms with E-state index in [9.17, 15) is 0 Å². The maximum absolute atomic E-state index is 9.03. The van der Waals surface area contributed by atoms with Crippen molar-refractivity contribution >= 4 is 0 Å². The zero-order valence-corrected chi connectivity index (χ0v) is 12.2. The predicted octanol–water partition coefficient (Wildman–Crippen LogP) is 2.58. The molecule has 1 aromatic heterocycles. The van der Waals surface area contributed by atoms with E-state index in [-0.39, 0.29) is 5.41 Å². The van der Waals surface area contributed by atoms with Gasteiger partial charge in [-0.05, 0) is 23.1 Å². The summed E-state index contributed by atoms with van der Waals surface area (Å²) in [6.07, 6.45) is 0. The molecule has 1 heterocycles. The summed E-state index contributed by atoms with van der Waals surface area (Å²) in [6, 6.07) is 10.1. The predicted molar refractivity (Wildman–Crippen MR) is 75.5 cm³/mol. The van der Waals surface area contributed by atoms with Gasteiger partial charge in [0.15, 0.2) is 5.69 Å². The molecule has 0 bridgehead atoms. The first-order valence-corrected chi connectivity index (χ1v) is 6.42. The Hall–Kier alpha value is -2.19. The van der Waals surface area contributed by atoms with Gasteiger partial charge in [0, 0.05) is 7.11 Å². The second-order valence-corrected chi connectivity index (χ2v) is 5.64. The zero-order chi connectivity index (χ0) is 14.8. The van der Waals surface area contributed by atoms with Crippen molar-refractivity contribution in [1.29, 1.82) is 5.26 Å². The van der Waals surface area contributed by atoms with Crippen molar-refractivity contribution in [2.45, 2.75) is 32.8 Å². The smallest absolute Gasteiger partial charge is 0.188 e. The lowest BCUT2D eigenvalue weighted by atomic mass is 9.87. The van der Waals surface area contributed by atoms with Crippen LogP contribution in [0.15, 0.2) is 24.3 Å². The van der Waals surface area contributed by atoms with Crippen LogP contribution in [0.2, 0.25) is 0 Å². The first-order chi connectivity index (χ1) is 9.47. The first-order valence-electron chi connectivity index (χ1n) is 6.42. The van der Waals surface area contributed by atoms with E-state index in [1.165, 1.54) is 5.56 Å². The Morgan fingerprint density at radius 2 is 1.90 bits per heavy atom. The number of aromatic nitrogens is 3. The minimum Gasteiger partial charge on any atom is -0.378 e. The van der Waals surface area contributed by atoms with Gasteiger partial charge in [-0.25, -0.2) is 4.68 Å². The zero-order valence-electron chi connectivity index (χ0n) is 12.2. The third-order valence-electron chi connectivity index (χ3n) is 3.13. The number of nitrogens with zero attached hydrogens (tertiary/aromatic N) is 4. The lowest BCUT2D eigenvalue weighted by Gasteiger charge is -2.19. The topological polar surface area (TPSA) is 63.7 Å². The summed E-state index contributed by atoms with van der Waals surface area (Å²) in [4.78, 5) is 0. The van der Waals surface area contributed by atoms with E-state index >= 15 is 0 Å². The van der Waals surface area contributed by atoms with Gasteiger partial charge >= 0.3 is 0 Å². The van der Waals surface area contributed by atoms with Crippen LogP contribution in [-0.2, 0) is 16.8 Å². The third-order valence-corrected chi connectivity index (χ3v) is 3.13. The minimum atomic E-state index is 0.105. The molecule has 5 nitrogen and oxygen atoms in total. The normalized spacial score (nSPS) is 11.3. The number of hydrogen-bond donors (Lipinski definition) is 0. The largest absolute Gasteiger partial charge is 0.378 e. The van der Waals surface area contributed by atoms with Crippen molar-refractivity contribution in [1.82, 2.24) is 15.0 Å². The molecular formula is C15H18N4O. The summed E-state index contributed by atoms with van der Waals surface area (Å²) in [7, 11) is 1.58. The summed E-state index contributed by atoms with van der Waals surface area (Å²) >= 11 is 0. The Labute approximate surface area is 118 Å². The van der Waals surface area contributed by atoms with Crippen molar-refractivity contribution < 1.29 is 4.74 Å². The van der Waals surface area contributed by atoms with E-state index in [0.717, 1.165) is 5.69 Å². The second-order valence-electron chi connectivity index (χ2n) is 5.64. The Balaban J connectivity index is 2.42. The molecular weight excluding hydrogens is 252 g/mol. The molecule has 0 saturated heterocycles. The molecule has 2 rings (SSSR count). The molecule has 104 valence electrons. The van der Waals surface area contributed by atoms with E-state index in [1.54, 1.807) is 11.8 Å². The Morgan fingerprint density at radius 1 is 1.25 bits per heavy atom. The van der Waals surface area contributed by atoms with Crippen molar-refractivity contribution in [3.63, 3.8) is 0 Å². The van der Waals surface area contributed by atoms with Crippen molar-refractivity contribution in [2.75, 3.05) is 7.11 Å². The summed E-state index contributed by atoms with van der Waals surface area (Å²) in [5, 5.41) is 16.9. The monoisotopic (exact) mass is 270 g/mol. The van der Waals surface area contributed by atoms with E-state index in [1.807, 2.05) is 18.2 Å². The molecule has 0 amide bonds. The number of hydrogen-bond acceptors (Lipinski definition) is 4. The molecule has 0 atom stereocenters. The Morgan fingerprint density at radius 3 is 2.40 bits per heavy atom. The Bertz CT molecular complexity index is 629. The third kappa shape index (κ3) is 2.70. The molecule has 0 aliphatic carbocycles. The molecule has 0 N–H and O–H groups in total. The van der Waals surface area contributed by atoms with Gasteiger partial charge < -0.3 is 4.74 Å². The molecule has 0 spiro atoms. The SMILES string of the molecule is COCc1c(C#N)nnn1-c1ccc(C(C)(C)C)cc1. The van der Waals surface area contributed by atoms with Gasteiger partial charge in [0.2, 0.25) is 0 Å². The summed E-state index contributed by atoms with van der Waals surface area (Å²) in [6.45, 7) is 6.81. The molecule has 0 aliphatic rings. The number of nitriles is 1. The highest BCUT2D eigenvalue weighted by atomic mass is 16.5. The number of rotatable bonds is 3. The minimum absolute atomic E-state index is 0.105. The number of methoxy groups -OCH3 is 1. The van der Waals surface area contributed by atoms with Crippen LogP contribution >= 0.6 is 0 Å². The Kier molecular flexibility index (Phi) is 3.86. The van der Waals surface area contributed by atoms with Crippen LogP contribution in [0.3, 0.4) is 0 Å². The molecule has 20 heavy (non-hydrogen) atoms. The highest BCUT2D eigenvalue weighted by molar-refractivity contribution is 5.39. The van der Waals surface area contributed by atoms with E-state index in [4.69, 9.17) is 10.00 Å². The summed E-state index contributed by atoms with van der Waals surface area (Å²) in [5.41, 5.74) is 3.19. The first kappa shape index (κ1) is 14.2. The van der Waals surface area contributed by atoms with Crippen LogP contribution in [0.5, 0.6) is 0 Å². The molecule has 0 radical (unpaired) electrons. The average molecular weight is 270 g/mol. The van der Waals surface area contributed by atoms with Crippen molar-refractivity contribution in [3.8, 4) is 11.8 Å². The highest BCUT2D eigenvalue weighted by Crippen LogP contribution is 2.23. The summed E-state index contributed by atoms with van der Waals surface area (Å²) < 4.78 is 6.76. The molecule has 2 aromatic rings. The van der Waals surface area contributed by atoms with Gasteiger partial charge in [0.1, 0.15) is 11.8 Å². The van der Waals surface area contributed by atoms with Crippen LogP contribution in [0.1, 0.15) is 37.7 Å². The van der Waals surface area contributed by atoms with Gasteiger partial charge in [-0.1, -0.05) is 38.1 Å². The van der Waals surface area contributed by atoms with Crippen molar-refractivity contribution in [2.24, 2.45) is 0 Å². The maximum atomic E-state index is 9.03. The van der Waals surface area contributed by atoms with E-state index in [2.05, 4.69) is 43.2 Å². The van der Waals surface area contributed by atoms with Gasteiger partial charge in [0.25, 0.3) is 0 Å². The van der Waals surface area contributed by atoms with Gasteiger partial charge in [-0.3, -0.25) is 0 Å². The van der Waals surface area contributed by atoms with Crippen LogP contribution in [0, 0.1) is 11.3 Å². The maximum Gasteiger partial charge on any atom is 0.188 e. The molecule has 0 unspecified atom stereocenters. The summed E-state index contributed by atoms with van der Waals surface area (Å²) in [5.74, 6) is 0. The van der Waals surface area contributed by atoms with Crippen molar-refractivity contribution in [3.05, 3.63) is 41.2 Å². The number of ether oxygens (including phenoxy) is 1. The van der Waals surface area contributed by atoms with E-state index in [0.29, 0.717) is 18.0 Å². The van der Waals surface area contributed by atoms with Crippen LogP contribution in [0.25, 0.3) is 5.69 Å². The lowest BCUT2D eigenvalue weighted by molar-refractivity contribution is 0.179. The fourth-order valence-corrected chi connectivity index (χ4v) is 1.96. The quantitative estimate of drug-likeness (QED) is 0.860. The van der Waals surface area contributed by atoms with E-state index < -0.39 is 0 Å². The van der Waals surface area contributed by atoms with Gasteiger partial charge in [0.05, 0.1) is 12.3 Å². The van der Waals surface area contributed by atoms with Crippen LogP contribution in [0.4, 0.5) is 0 Å². The lowest BCUT2D eigenvalue weighted by Crippen LogP contribution is -2.11. The average Bonchev–Trinajstić information content (AvgIpc) is 2.81. The van der Waals surface area contributed by atoms with Gasteiger partial charge in [-0.15, -0.1) is 5.10 Å². The van der Waals surface area contributed by atoms with Gasteiger partial charge in [-0.2, -0.15) is 5.26 Å². The fraction of sp³-hybridized carbons (Fsp3) is 0.400. The van der Waals surface area contributed by atoms with Crippen LogP contribution < -0.4 is 0 Å². The molecule has 0 saturated carbocycles. The molecule has 5 heteroatoms. The fourth-order valence-electron chi connectivity index (χ4n) is 1.96. The standard InChI is InChI=1S/C15H18N4O/c1-15(2,3)11-5-7-12(8-6-11)19-14(10-20-4)13(9-16)17-18-19/h5-8H,10H2,1-4H3. The molecule has 0 aliphatic heterocycles. The number of benzene rings is 1.